The minimum atomic E-state index is 0.0633. The number of likely N-dealkylation sites (tertiary alicyclic amines) is 1. The molecule has 1 heterocycles. The van der Waals surface area contributed by atoms with Crippen LogP contribution in [0.3, 0.4) is 0 Å². The van der Waals surface area contributed by atoms with Crippen LogP contribution < -0.4 is 5.73 Å². The standard InChI is InChI=1S/C15H20N2O/c1-12-5-2-3-6-13(12)8-9-15(18)17-10-4-7-14(16)11-17/h2-3,5-6,8-9,14H,4,7,10-11,16H2,1H3. The summed E-state index contributed by atoms with van der Waals surface area (Å²) in [7, 11) is 0. The van der Waals surface area contributed by atoms with Crippen molar-refractivity contribution in [2.24, 2.45) is 5.73 Å². The molecule has 0 radical (unpaired) electrons. The molecule has 96 valence electrons. The molecule has 2 N–H and O–H groups in total. The zero-order valence-corrected chi connectivity index (χ0v) is 10.8. The molecule has 1 saturated heterocycles. The number of aryl methyl sites for hydroxylation is 1. The van der Waals surface area contributed by atoms with E-state index < -0.39 is 0 Å². The normalized spacial score (nSPS) is 20.3. The number of carbonyl (C=O) groups is 1. The van der Waals surface area contributed by atoms with Crippen molar-refractivity contribution in [1.29, 1.82) is 0 Å². The van der Waals surface area contributed by atoms with Crippen LogP contribution in [0.5, 0.6) is 0 Å². The summed E-state index contributed by atoms with van der Waals surface area (Å²) < 4.78 is 0. The van der Waals surface area contributed by atoms with Crippen LogP contribution in [0.1, 0.15) is 24.0 Å². The summed E-state index contributed by atoms with van der Waals surface area (Å²) in [6, 6.07) is 8.17. The quantitative estimate of drug-likeness (QED) is 0.808. The number of carbonyl (C=O) groups excluding carboxylic acids is 1. The number of hydrogen-bond acceptors (Lipinski definition) is 2. The Morgan fingerprint density at radius 1 is 1.44 bits per heavy atom. The number of amides is 1. The van der Waals surface area contributed by atoms with E-state index in [0.29, 0.717) is 6.54 Å². The van der Waals surface area contributed by atoms with E-state index in [1.54, 1.807) is 6.08 Å². The predicted molar refractivity (Wildman–Crippen MR) is 74.0 cm³/mol. The van der Waals surface area contributed by atoms with E-state index in [1.807, 2.05) is 42.2 Å². The van der Waals surface area contributed by atoms with Crippen LogP contribution in [-0.4, -0.2) is 29.9 Å². The molecule has 1 aromatic rings. The third kappa shape index (κ3) is 3.20. The summed E-state index contributed by atoms with van der Waals surface area (Å²) in [5.41, 5.74) is 8.14. The fourth-order valence-electron chi connectivity index (χ4n) is 2.25. The number of nitrogens with two attached hydrogens (primary N) is 1. The highest BCUT2D eigenvalue weighted by atomic mass is 16.2. The van der Waals surface area contributed by atoms with Crippen LogP contribution >= 0.6 is 0 Å². The van der Waals surface area contributed by atoms with Crippen LogP contribution in [0.4, 0.5) is 0 Å². The lowest BCUT2D eigenvalue weighted by Crippen LogP contribution is -2.45. The first-order valence-electron chi connectivity index (χ1n) is 6.45. The Labute approximate surface area is 108 Å². The zero-order chi connectivity index (χ0) is 13.0. The number of nitrogens with zero attached hydrogens (tertiary/aromatic N) is 1. The second-order valence-corrected chi connectivity index (χ2v) is 4.88. The Hall–Kier alpha value is -1.61. The van der Waals surface area contributed by atoms with E-state index in [2.05, 4.69) is 0 Å². The average Bonchev–Trinajstić information content (AvgIpc) is 2.37. The molecule has 1 aliphatic heterocycles. The van der Waals surface area contributed by atoms with Gasteiger partial charge in [-0.3, -0.25) is 4.79 Å². The van der Waals surface area contributed by atoms with E-state index >= 15 is 0 Å². The van der Waals surface area contributed by atoms with Gasteiger partial charge in [0.2, 0.25) is 5.91 Å². The summed E-state index contributed by atoms with van der Waals surface area (Å²) in [5, 5.41) is 0. The molecule has 0 spiro atoms. The first-order chi connectivity index (χ1) is 8.66. The Balaban J connectivity index is 2.01. The highest BCUT2D eigenvalue weighted by Crippen LogP contribution is 2.11. The summed E-state index contributed by atoms with van der Waals surface area (Å²) in [5.74, 6) is 0.0633. The fourth-order valence-corrected chi connectivity index (χ4v) is 2.25. The van der Waals surface area contributed by atoms with Gasteiger partial charge in [0.05, 0.1) is 0 Å². The largest absolute Gasteiger partial charge is 0.338 e. The van der Waals surface area contributed by atoms with Gasteiger partial charge in [-0.2, -0.15) is 0 Å². The lowest BCUT2D eigenvalue weighted by molar-refractivity contribution is -0.127. The average molecular weight is 244 g/mol. The lowest BCUT2D eigenvalue weighted by atomic mass is 10.1. The molecule has 18 heavy (non-hydrogen) atoms. The maximum atomic E-state index is 12.0. The van der Waals surface area contributed by atoms with E-state index in [0.717, 1.165) is 24.9 Å². The highest BCUT2D eigenvalue weighted by Gasteiger charge is 2.19. The monoisotopic (exact) mass is 244 g/mol. The fraction of sp³-hybridized carbons (Fsp3) is 0.400. The third-order valence-electron chi connectivity index (χ3n) is 3.36. The second-order valence-electron chi connectivity index (χ2n) is 4.88. The van der Waals surface area contributed by atoms with Crippen molar-refractivity contribution in [1.82, 2.24) is 4.90 Å². The number of benzene rings is 1. The summed E-state index contributed by atoms with van der Waals surface area (Å²) >= 11 is 0. The Morgan fingerprint density at radius 3 is 2.94 bits per heavy atom. The summed E-state index contributed by atoms with van der Waals surface area (Å²) in [4.78, 5) is 13.8. The molecule has 1 fully saturated rings. The van der Waals surface area contributed by atoms with E-state index in [1.165, 1.54) is 5.56 Å². The molecule has 3 heteroatoms. The lowest BCUT2D eigenvalue weighted by Gasteiger charge is -2.29. The third-order valence-corrected chi connectivity index (χ3v) is 3.36. The van der Waals surface area contributed by atoms with Gasteiger partial charge >= 0.3 is 0 Å². The van der Waals surface area contributed by atoms with Gasteiger partial charge < -0.3 is 10.6 Å². The van der Waals surface area contributed by atoms with Crippen LogP contribution in [-0.2, 0) is 4.79 Å². The molecule has 0 aliphatic carbocycles. The van der Waals surface area contributed by atoms with Gasteiger partial charge in [-0.15, -0.1) is 0 Å². The van der Waals surface area contributed by atoms with Gasteiger partial charge in [-0.25, -0.2) is 0 Å². The molecular formula is C15H20N2O. The van der Waals surface area contributed by atoms with E-state index in [9.17, 15) is 4.79 Å². The molecule has 2 rings (SSSR count). The highest BCUT2D eigenvalue weighted by molar-refractivity contribution is 5.92. The topological polar surface area (TPSA) is 46.3 Å². The minimum absolute atomic E-state index is 0.0633. The smallest absolute Gasteiger partial charge is 0.246 e. The van der Waals surface area contributed by atoms with E-state index in [4.69, 9.17) is 5.73 Å². The Morgan fingerprint density at radius 2 is 2.22 bits per heavy atom. The summed E-state index contributed by atoms with van der Waals surface area (Å²) in [6.45, 7) is 3.54. The van der Waals surface area contributed by atoms with Gasteiger partial charge in [0.1, 0.15) is 0 Å². The first kappa shape index (κ1) is 12.8. The van der Waals surface area contributed by atoms with Crippen molar-refractivity contribution in [3.63, 3.8) is 0 Å². The molecule has 0 saturated carbocycles. The van der Waals surface area contributed by atoms with E-state index in [-0.39, 0.29) is 11.9 Å². The van der Waals surface area contributed by atoms with Crippen molar-refractivity contribution < 1.29 is 4.79 Å². The second kappa shape index (κ2) is 5.83. The van der Waals surface area contributed by atoms with Gasteiger partial charge in [-0.05, 0) is 37.0 Å². The molecule has 1 aliphatic rings. The summed E-state index contributed by atoms with van der Waals surface area (Å²) in [6.07, 6.45) is 5.56. The minimum Gasteiger partial charge on any atom is -0.338 e. The van der Waals surface area contributed by atoms with Crippen LogP contribution in [0.15, 0.2) is 30.3 Å². The van der Waals surface area contributed by atoms with Gasteiger partial charge in [0.25, 0.3) is 0 Å². The van der Waals surface area contributed by atoms with Crippen LogP contribution in [0.2, 0.25) is 0 Å². The first-order valence-corrected chi connectivity index (χ1v) is 6.45. The molecule has 0 bridgehead atoms. The SMILES string of the molecule is Cc1ccccc1C=CC(=O)N1CCCC(N)C1. The molecule has 1 amide bonds. The maximum Gasteiger partial charge on any atom is 0.246 e. The van der Waals surface area contributed by atoms with Crippen molar-refractivity contribution >= 4 is 12.0 Å². The van der Waals surface area contributed by atoms with Gasteiger partial charge in [0, 0.05) is 25.2 Å². The molecule has 1 unspecified atom stereocenters. The van der Waals surface area contributed by atoms with Crippen molar-refractivity contribution in [2.75, 3.05) is 13.1 Å². The number of hydrogen-bond donors (Lipinski definition) is 1. The number of rotatable bonds is 2. The van der Waals surface area contributed by atoms with Crippen LogP contribution in [0.25, 0.3) is 6.08 Å². The molecular weight excluding hydrogens is 224 g/mol. The molecule has 3 nitrogen and oxygen atoms in total. The molecule has 1 aromatic carbocycles. The predicted octanol–water partition coefficient (Wildman–Crippen LogP) is 1.96. The van der Waals surface area contributed by atoms with Gasteiger partial charge in [-0.1, -0.05) is 24.3 Å². The molecule has 0 aromatic heterocycles. The van der Waals surface area contributed by atoms with Crippen LogP contribution in [0, 0.1) is 6.92 Å². The Bertz CT molecular complexity index is 454. The van der Waals surface area contributed by atoms with Gasteiger partial charge in [0.15, 0.2) is 0 Å². The van der Waals surface area contributed by atoms with Crippen molar-refractivity contribution in [3.05, 3.63) is 41.5 Å². The number of piperidine rings is 1. The zero-order valence-electron chi connectivity index (χ0n) is 10.8. The van der Waals surface area contributed by atoms with Crippen molar-refractivity contribution in [3.8, 4) is 0 Å². The van der Waals surface area contributed by atoms with Crippen molar-refractivity contribution in [2.45, 2.75) is 25.8 Å². The molecule has 1 atom stereocenters. The maximum absolute atomic E-state index is 12.0. The Kier molecular flexibility index (Phi) is 4.15.